The average molecular weight is 537 g/mol. The fourth-order valence-electron chi connectivity index (χ4n) is 5.52. The highest BCUT2D eigenvalue weighted by Gasteiger charge is 2.44. The van der Waals surface area contributed by atoms with Gasteiger partial charge in [0, 0.05) is 6.42 Å². The minimum absolute atomic E-state index is 0.134. The summed E-state index contributed by atoms with van der Waals surface area (Å²) >= 11 is 0. The molecule has 6 atom stereocenters. The van der Waals surface area contributed by atoms with Crippen LogP contribution in [0, 0.1) is 0 Å². The lowest BCUT2D eigenvalue weighted by molar-refractivity contribution is -0.231. The van der Waals surface area contributed by atoms with E-state index in [-0.39, 0.29) is 11.7 Å². The molecule has 1 fully saturated rings. The van der Waals surface area contributed by atoms with E-state index >= 15 is 0 Å². The zero-order valence-corrected chi connectivity index (χ0v) is 22.4. The number of hydrogen-bond acceptors (Lipinski definition) is 8. The summed E-state index contributed by atoms with van der Waals surface area (Å²) in [4.78, 5) is 0. The summed E-state index contributed by atoms with van der Waals surface area (Å²) in [5.74, 6) is 1.41. The topological polar surface area (TPSA) is 118 Å². The van der Waals surface area contributed by atoms with Crippen LogP contribution >= 0.6 is 0 Å². The molecule has 0 aliphatic carbocycles. The van der Waals surface area contributed by atoms with Crippen molar-refractivity contribution in [2.45, 2.75) is 62.5 Å². The van der Waals surface area contributed by atoms with Crippen LogP contribution in [0.2, 0.25) is 0 Å². The van der Waals surface area contributed by atoms with Crippen molar-refractivity contribution < 1.29 is 39.4 Å². The lowest BCUT2D eigenvalue weighted by atomic mass is 9.90. The maximum atomic E-state index is 10.6. The van der Waals surface area contributed by atoms with Crippen LogP contribution in [0.15, 0.2) is 66.7 Å². The van der Waals surface area contributed by atoms with E-state index < -0.39 is 37.1 Å². The molecule has 3 aromatic rings. The predicted octanol–water partition coefficient (Wildman–Crippen LogP) is 3.19. The molecule has 0 bridgehead atoms. The summed E-state index contributed by atoms with van der Waals surface area (Å²) in [6.45, 7) is 4.08. The molecule has 39 heavy (non-hydrogen) atoms. The van der Waals surface area contributed by atoms with E-state index in [1.807, 2.05) is 42.5 Å². The molecule has 8 nitrogen and oxygen atoms in total. The van der Waals surface area contributed by atoms with Gasteiger partial charge in [-0.05, 0) is 65.9 Å². The van der Waals surface area contributed by atoms with E-state index in [4.69, 9.17) is 18.9 Å². The van der Waals surface area contributed by atoms with Gasteiger partial charge in [-0.2, -0.15) is 0 Å². The van der Waals surface area contributed by atoms with E-state index in [1.54, 1.807) is 19.2 Å². The van der Waals surface area contributed by atoms with E-state index in [1.165, 1.54) is 5.56 Å². The molecule has 0 amide bonds. The number of rotatable bonds is 8. The zero-order chi connectivity index (χ0) is 27.7. The Morgan fingerprint density at radius 3 is 2.36 bits per heavy atom. The van der Waals surface area contributed by atoms with Crippen LogP contribution < -0.4 is 9.47 Å². The third kappa shape index (κ3) is 5.54. The maximum Gasteiger partial charge on any atom is 0.122 e. The van der Waals surface area contributed by atoms with Crippen molar-refractivity contribution in [3.05, 3.63) is 94.5 Å². The normalized spacial score (nSPS) is 27.7. The largest absolute Gasteiger partial charge is 0.496 e. The van der Waals surface area contributed by atoms with Gasteiger partial charge in [-0.25, -0.2) is 0 Å². The van der Waals surface area contributed by atoms with Gasteiger partial charge in [-0.3, -0.25) is 0 Å². The van der Waals surface area contributed by atoms with Crippen LogP contribution in [-0.2, 0) is 21.5 Å². The third-order valence-corrected chi connectivity index (χ3v) is 7.64. The van der Waals surface area contributed by atoms with Crippen LogP contribution in [0.3, 0.4) is 0 Å². The van der Waals surface area contributed by atoms with Crippen molar-refractivity contribution in [2.75, 3.05) is 20.3 Å². The third-order valence-electron chi connectivity index (χ3n) is 7.64. The molecule has 208 valence electrons. The van der Waals surface area contributed by atoms with Crippen LogP contribution in [-0.4, -0.2) is 65.2 Å². The number of ether oxygens (including phenoxy) is 4. The molecule has 2 aliphatic heterocycles. The Bertz CT molecular complexity index is 1270. The highest BCUT2D eigenvalue weighted by Crippen LogP contribution is 2.43. The summed E-state index contributed by atoms with van der Waals surface area (Å²) in [5.41, 5.74) is 4.49. The smallest absolute Gasteiger partial charge is 0.122 e. The molecule has 1 unspecified atom stereocenters. The highest BCUT2D eigenvalue weighted by atomic mass is 16.6. The monoisotopic (exact) mass is 536 g/mol. The lowest BCUT2D eigenvalue weighted by Crippen LogP contribution is -2.55. The first-order valence-electron chi connectivity index (χ1n) is 13.2. The van der Waals surface area contributed by atoms with Gasteiger partial charge in [0.2, 0.25) is 0 Å². The van der Waals surface area contributed by atoms with Crippen molar-refractivity contribution in [3.8, 4) is 11.5 Å². The molecule has 0 radical (unpaired) electrons. The van der Waals surface area contributed by atoms with E-state index in [0.29, 0.717) is 24.3 Å². The fraction of sp³-hybridized carbons (Fsp3) is 0.419. The molecule has 4 N–H and O–H groups in total. The van der Waals surface area contributed by atoms with E-state index in [0.717, 1.165) is 22.4 Å². The number of aliphatic hydroxyl groups is 4. The Morgan fingerprint density at radius 2 is 1.64 bits per heavy atom. The molecule has 0 saturated carbocycles. The van der Waals surface area contributed by atoms with Crippen molar-refractivity contribution >= 4 is 0 Å². The summed E-state index contributed by atoms with van der Waals surface area (Å²) < 4.78 is 23.6. The fourth-order valence-corrected chi connectivity index (χ4v) is 5.52. The Labute approximate surface area is 228 Å². The molecule has 0 spiro atoms. The summed E-state index contributed by atoms with van der Waals surface area (Å²) in [6, 6.07) is 21.5. The van der Waals surface area contributed by atoms with Crippen molar-refractivity contribution in [1.82, 2.24) is 0 Å². The van der Waals surface area contributed by atoms with Gasteiger partial charge in [0.25, 0.3) is 0 Å². The Morgan fingerprint density at radius 1 is 0.897 bits per heavy atom. The molecule has 2 heterocycles. The second-order valence-corrected chi connectivity index (χ2v) is 10.7. The Kier molecular flexibility index (Phi) is 7.96. The van der Waals surface area contributed by atoms with Crippen LogP contribution in [0.25, 0.3) is 0 Å². The van der Waals surface area contributed by atoms with Gasteiger partial charge in [0.15, 0.2) is 0 Å². The van der Waals surface area contributed by atoms with Gasteiger partial charge in [0.05, 0.1) is 19.3 Å². The SMILES string of the molecule is COc1ccc([C@@H]2O[C@H](CO)[C@@H](O)[C@H](O)[C@H]2O)cc1Cc1ccc(OCC2OC(C)(C)c3ccccc32)cc1. The predicted molar refractivity (Wildman–Crippen MR) is 144 cm³/mol. The zero-order valence-electron chi connectivity index (χ0n) is 22.4. The van der Waals surface area contributed by atoms with Crippen LogP contribution in [0.4, 0.5) is 0 Å². The minimum Gasteiger partial charge on any atom is -0.496 e. The van der Waals surface area contributed by atoms with E-state index in [9.17, 15) is 20.4 Å². The molecular formula is C31H36O8. The highest BCUT2D eigenvalue weighted by molar-refractivity contribution is 5.43. The van der Waals surface area contributed by atoms with Crippen LogP contribution in [0.5, 0.6) is 11.5 Å². The number of fused-ring (bicyclic) bond motifs is 1. The van der Waals surface area contributed by atoms with Gasteiger partial charge in [-0.1, -0.05) is 42.5 Å². The molecular weight excluding hydrogens is 500 g/mol. The van der Waals surface area contributed by atoms with E-state index in [2.05, 4.69) is 26.0 Å². The quantitative estimate of drug-likeness (QED) is 0.347. The van der Waals surface area contributed by atoms with Gasteiger partial charge in [0.1, 0.15) is 54.7 Å². The second kappa shape index (κ2) is 11.3. The number of hydrogen-bond donors (Lipinski definition) is 4. The lowest BCUT2D eigenvalue weighted by Gasteiger charge is -2.40. The minimum atomic E-state index is -1.44. The standard InChI is InChI=1S/C31H36O8/c1-31(2)23-7-5-4-6-22(23)26(39-31)17-37-21-11-8-18(9-12-21)14-20-15-19(10-13-24(20)36-3)30-29(35)28(34)27(33)25(16-32)38-30/h4-13,15,25-30,32-35H,14,16-17H2,1-3H3/t25-,26?,27-,28+,29-,30+/m1/s1. The molecule has 5 rings (SSSR count). The first kappa shape index (κ1) is 27.6. The molecule has 3 aromatic carbocycles. The van der Waals surface area contributed by atoms with Crippen molar-refractivity contribution in [3.63, 3.8) is 0 Å². The first-order chi connectivity index (χ1) is 18.7. The molecule has 0 aromatic heterocycles. The van der Waals surface area contributed by atoms with Crippen LogP contribution in [0.1, 0.15) is 53.9 Å². The second-order valence-electron chi connectivity index (χ2n) is 10.7. The molecule has 8 heteroatoms. The maximum absolute atomic E-state index is 10.6. The van der Waals surface area contributed by atoms with Crippen molar-refractivity contribution in [2.24, 2.45) is 0 Å². The van der Waals surface area contributed by atoms with Crippen molar-refractivity contribution in [1.29, 1.82) is 0 Å². The Hall–Kier alpha value is -2.98. The summed E-state index contributed by atoms with van der Waals surface area (Å²) in [7, 11) is 1.59. The summed E-state index contributed by atoms with van der Waals surface area (Å²) in [5, 5.41) is 40.4. The molecule has 1 saturated heterocycles. The average Bonchev–Trinajstić information content (AvgIpc) is 3.21. The molecule has 2 aliphatic rings. The van der Waals surface area contributed by atoms with Gasteiger partial charge >= 0.3 is 0 Å². The number of benzene rings is 3. The van der Waals surface area contributed by atoms with Gasteiger partial charge in [-0.15, -0.1) is 0 Å². The first-order valence-corrected chi connectivity index (χ1v) is 13.2. The number of aliphatic hydroxyl groups excluding tert-OH is 4. The van der Waals surface area contributed by atoms with Gasteiger partial charge < -0.3 is 39.4 Å². The number of methoxy groups -OCH3 is 1. The summed E-state index contributed by atoms with van der Waals surface area (Å²) in [6.07, 6.45) is -5.65. The Balaban J connectivity index is 1.27.